The van der Waals surface area contributed by atoms with Crippen LogP contribution in [0.15, 0.2) is 47.4 Å². The fraction of sp³-hybridized carbons (Fsp3) is 0.458. The van der Waals surface area contributed by atoms with Gasteiger partial charge < -0.3 is 9.64 Å². The zero-order valence-electron chi connectivity index (χ0n) is 19.7. The molecule has 2 fully saturated rings. The van der Waals surface area contributed by atoms with Crippen molar-refractivity contribution >= 4 is 15.9 Å². The number of morpholine rings is 1. The molecule has 196 valence electrons. The van der Waals surface area contributed by atoms with Gasteiger partial charge in [0.25, 0.3) is 5.91 Å². The van der Waals surface area contributed by atoms with Crippen molar-refractivity contribution in [2.75, 3.05) is 52.4 Å². The minimum Gasteiger partial charge on any atom is -0.374 e. The number of ether oxygens (including phenoxy) is 1. The zero-order chi connectivity index (χ0) is 26.1. The van der Waals surface area contributed by atoms with Crippen LogP contribution in [-0.2, 0) is 20.9 Å². The van der Waals surface area contributed by atoms with E-state index >= 15 is 0 Å². The topological polar surface area (TPSA) is 70.2 Å². The van der Waals surface area contributed by atoms with Crippen LogP contribution in [0.2, 0.25) is 0 Å². The highest BCUT2D eigenvalue weighted by Crippen LogP contribution is 2.29. The summed E-state index contributed by atoms with van der Waals surface area (Å²) in [5, 5.41) is 0. The van der Waals surface area contributed by atoms with Gasteiger partial charge in [-0.15, -0.1) is 0 Å². The lowest BCUT2D eigenvalue weighted by atomic mass is 10.1. The van der Waals surface area contributed by atoms with Gasteiger partial charge in [0.2, 0.25) is 10.0 Å². The number of alkyl halides is 3. The van der Waals surface area contributed by atoms with E-state index in [0.29, 0.717) is 38.3 Å². The SMILES string of the molecule is Cc1ccc(S(=O)(=O)N2CCOC(CN3CCN(C(=O)c4ccc(C(F)(F)F)cc4)CC3)C2)cc1F. The molecule has 0 radical (unpaired) electrons. The lowest BCUT2D eigenvalue weighted by Crippen LogP contribution is -2.54. The quantitative estimate of drug-likeness (QED) is 0.557. The molecule has 0 aliphatic carbocycles. The molecular formula is C24H27F4N3O4S. The summed E-state index contributed by atoms with van der Waals surface area (Å²) >= 11 is 0. The Balaban J connectivity index is 1.31. The number of benzene rings is 2. The van der Waals surface area contributed by atoms with E-state index in [1.165, 1.54) is 28.6 Å². The van der Waals surface area contributed by atoms with Gasteiger partial charge in [-0.1, -0.05) is 6.07 Å². The maximum Gasteiger partial charge on any atom is 0.416 e. The lowest BCUT2D eigenvalue weighted by molar-refractivity contribution is -0.137. The van der Waals surface area contributed by atoms with Crippen LogP contribution in [-0.4, -0.2) is 87.0 Å². The average Bonchev–Trinajstić information content (AvgIpc) is 2.85. The Labute approximate surface area is 207 Å². The molecule has 2 aliphatic heterocycles. The number of hydrogen-bond donors (Lipinski definition) is 0. The van der Waals surface area contributed by atoms with Gasteiger partial charge in [0.1, 0.15) is 5.82 Å². The number of hydrogen-bond acceptors (Lipinski definition) is 5. The average molecular weight is 530 g/mol. The first-order valence-electron chi connectivity index (χ1n) is 11.5. The Hall–Kier alpha value is -2.54. The zero-order valence-corrected chi connectivity index (χ0v) is 20.5. The summed E-state index contributed by atoms with van der Waals surface area (Å²) in [7, 11) is -3.87. The first-order valence-corrected chi connectivity index (χ1v) is 13.0. The molecule has 1 amide bonds. The van der Waals surface area contributed by atoms with Crippen molar-refractivity contribution < 1.29 is 35.5 Å². The molecule has 1 unspecified atom stereocenters. The molecule has 4 rings (SSSR count). The van der Waals surface area contributed by atoms with E-state index in [2.05, 4.69) is 4.90 Å². The van der Waals surface area contributed by atoms with Crippen molar-refractivity contribution in [3.63, 3.8) is 0 Å². The smallest absolute Gasteiger partial charge is 0.374 e. The van der Waals surface area contributed by atoms with Gasteiger partial charge in [0, 0.05) is 51.4 Å². The highest BCUT2D eigenvalue weighted by molar-refractivity contribution is 7.89. The molecule has 2 heterocycles. The van der Waals surface area contributed by atoms with Crippen molar-refractivity contribution in [1.29, 1.82) is 0 Å². The monoisotopic (exact) mass is 529 g/mol. The molecule has 0 spiro atoms. The van der Waals surface area contributed by atoms with Gasteiger partial charge in [0.05, 0.1) is 23.2 Å². The number of halogens is 4. The van der Waals surface area contributed by atoms with Crippen molar-refractivity contribution in [1.82, 2.24) is 14.1 Å². The first kappa shape index (κ1) is 26.5. The predicted octanol–water partition coefficient (Wildman–Crippen LogP) is 3.00. The molecule has 7 nitrogen and oxygen atoms in total. The Bertz CT molecular complexity index is 1200. The molecule has 2 saturated heterocycles. The summed E-state index contributed by atoms with van der Waals surface area (Å²) in [6, 6.07) is 8.02. The Morgan fingerprint density at radius 2 is 1.69 bits per heavy atom. The minimum absolute atomic E-state index is 0.0957. The number of nitrogens with zero attached hydrogens (tertiary/aromatic N) is 3. The molecule has 2 aromatic carbocycles. The van der Waals surface area contributed by atoms with E-state index in [4.69, 9.17) is 4.74 Å². The molecule has 0 aromatic heterocycles. The van der Waals surface area contributed by atoms with E-state index in [1.807, 2.05) is 0 Å². The third kappa shape index (κ3) is 5.88. The van der Waals surface area contributed by atoms with E-state index < -0.39 is 27.6 Å². The Morgan fingerprint density at radius 1 is 1.03 bits per heavy atom. The normalized spacial score (nSPS) is 20.5. The van der Waals surface area contributed by atoms with Gasteiger partial charge >= 0.3 is 6.18 Å². The van der Waals surface area contributed by atoms with Crippen LogP contribution < -0.4 is 0 Å². The van der Waals surface area contributed by atoms with E-state index in [9.17, 15) is 30.8 Å². The maximum absolute atomic E-state index is 13.9. The fourth-order valence-electron chi connectivity index (χ4n) is 4.31. The maximum atomic E-state index is 13.9. The third-order valence-electron chi connectivity index (χ3n) is 6.46. The Kier molecular flexibility index (Phi) is 7.69. The summed E-state index contributed by atoms with van der Waals surface area (Å²) in [5.41, 5.74) is -0.245. The largest absolute Gasteiger partial charge is 0.416 e. The van der Waals surface area contributed by atoms with Crippen LogP contribution in [0.4, 0.5) is 17.6 Å². The second kappa shape index (κ2) is 10.4. The summed E-state index contributed by atoms with van der Waals surface area (Å²) in [6.07, 6.45) is -4.85. The van der Waals surface area contributed by atoms with Gasteiger partial charge in [-0.2, -0.15) is 17.5 Å². The number of rotatable bonds is 5. The van der Waals surface area contributed by atoms with E-state index in [-0.39, 0.29) is 42.2 Å². The third-order valence-corrected chi connectivity index (χ3v) is 8.32. The van der Waals surface area contributed by atoms with Crippen LogP contribution in [0.25, 0.3) is 0 Å². The minimum atomic E-state index is -4.46. The van der Waals surface area contributed by atoms with Gasteiger partial charge in [0.15, 0.2) is 0 Å². The fourth-order valence-corrected chi connectivity index (χ4v) is 5.78. The molecule has 2 aromatic rings. The van der Waals surface area contributed by atoms with Crippen molar-refractivity contribution in [2.45, 2.75) is 24.1 Å². The van der Waals surface area contributed by atoms with Crippen LogP contribution in [0.5, 0.6) is 0 Å². The van der Waals surface area contributed by atoms with Crippen LogP contribution in [0.3, 0.4) is 0 Å². The van der Waals surface area contributed by atoms with Crippen LogP contribution >= 0.6 is 0 Å². The molecule has 0 saturated carbocycles. The van der Waals surface area contributed by atoms with Crippen molar-refractivity contribution in [2.24, 2.45) is 0 Å². The number of piperazine rings is 1. The summed E-state index contributed by atoms with van der Waals surface area (Å²) < 4.78 is 85.3. The molecule has 36 heavy (non-hydrogen) atoms. The molecule has 0 N–H and O–H groups in total. The standard InChI is InChI=1S/C24H27F4N3O4S/c1-17-2-7-21(14-22(17)25)36(33,34)31-12-13-35-20(16-31)15-29-8-10-30(11-9-29)23(32)18-3-5-19(6-4-18)24(26,27)28/h2-7,14,20H,8-13,15-16H2,1H3. The second-order valence-corrected chi connectivity index (χ2v) is 10.9. The molecular weight excluding hydrogens is 502 g/mol. The number of amides is 1. The summed E-state index contributed by atoms with van der Waals surface area (Å²) in [6.45, 7) is 4.33. The summed E-state index contributed by atoms with van der Waals surface area (Å²) in [4.78, 5) is 16.2. The number of carbonyl (C=O) groups is 1. The van der Waals surface area contributed by atoms with Crippen LogP contribution in [0, 0.1) is 12.7 Å². The molecule has 1 atom stereocenters. The first-order chi connectivity index (χ1) is 16.9. The van der Waals surface area contributed by atoms with E-state index in [0.717, 1.165) is 18.2 Å². The number of aryl methyl sites for hydroxylation is 1. The molecule has 2 aliphatic rings. The van der Waals surface area contributed by atoms with Crippen molar-refractivity contribution in [3.8, 4) is 0 Å². The van der Waals surface area contributed by atoms with Gasteiger partial charge in [-0.3, -0.25) is 9.69 Å². The van der Waals surface area contributed by atoms with Crippen LogP contribution in [0.1, 0.15) is 21.5 Å². The van der Waals surface area contributed by atoms with E-state index in [1.54, 1.807) is 11.8 Å². The number of sulfonamides is 1. The highest BCUT2D eigenvalue weighted by Gasteiger charge is 2.33. The highest BCUT2D eigenvalue weighted by atomic mass is 32.2. The van der Waals surface area contributed by atoms with Gasteiger partial charge in [-0.25, -0.2) is 12.8 Å². The summed E-state index contributed by atoms with van der Waals surface area (Å²) in [5.74, 6) is -0.913. The van der Waals surface area contributed by atoms with Gasteiger partial charge in [-0.05, 0) is 48.9 Å². The second-order valence-electron chi connectivity index (χ2n) is 8.93. The molecule has 0 bridgehead atoms. The Morgan fingerprint density at radius 3 is 2.31 bits per heavy atom. The van der Waals surface area contributed by atoms with Crippen molar-refractivity contribution in [3.05, 3.63) is 65.0 Å². The lowest BCUT2D eigenvalue weighted by Gasteiger charge is -2.39. The number of carbonyl (C=O) groups excluding carboxylic acids is 1. The molecule has 12 heteroatoms. The predicted molar refractivity (Wildman–Crippen MR) is 123 cm³/mol.